The van der Waals surface area contributed by atoms with Crippen LogP contribution in [0.2, 0.25) is 0 Å². The molecule has 0 radical (unpaired) electrons. The summed E-state index contributed by atoms with van der Waals surface area (Å²) in [5.41, 5.74) is 8.87. The molecule has 1 heterocycles. The molecule has 3 heteroatoms. The summed E-state index contributed by atoms with van der Waals surface area (Å²) in [5.74, 6) is 0. The van der Waals surface area contributed by atoms with E-state index in [1.807, 2.05) is 36.7 Å². The van der Waals surface area contributed by atoms with E-state index in [0.29, 0.717) is 0 Å². The second kappa shape index (κ2) is 3.18. The van der Waals surface area contributed by atoms with E-state index in [2.05, 4.69) is 4.98 Å². The van der Waals surface area contributed by atoms with Gasteiger partial charge in [0, 0.05) is 22.8 Å². The van der Waals surface area contributed by atoms with E-state index >= 15 is 0 Å². The monoisotopic (exact) mass is 190 g/mol. The molecule has 0 saturated heterocycles. The SMILES string of the molecule is Cc1c(N)cccc1-c1nccs1. The average molecular weight is 190 g/mol. The van der Waals surface area contributed by atoms with E-state index in [0.717, 1.165) is 21.8 Å². The minimum Gasteiger partial charge on any atom is -0.398 e. The van der Waals surface area contributed by atoms with E-state index in [1.165, 1.54) is 0 Å². The van der Waals surface area contributed by atoms with Crippen LogP contribution in [0.3, 0.4) is 0 Å². The standard InChI is InChI=1S/C10H10N2S/c1-7-8(3-2-4-9(7)11)10-12-5-6-13-10/h2-6H,11H2,1H3. The van der Waals surface area contributed by atoms with Crippen molar-refractivity contribution in [2.24, 2.45) is 0 Å². The minimum absolute atomic E-state index is 0.827. The van der Waals surface area contributed by atoms with Crippen LogP contribution < -0.4 is 5.73 Å². The molecule has 0 bridgehead atoms. The molecule has 0 atom stereocenters. The Kier molecular flexibility index (Phi) is 2.02. The quantitative estimate of drug-likeness (QED) is 0.702. The fraction of sp³-hybridized carbons (Fsp3) is 0.100. The van der Waals surface area contributed by atoms with Gasteiger partial charge in [-0.2, -0.15) is 0 Å². The zero-order chi connectivity index (χ0) is 9.26. The lowest BCUT2D eigenvalue weighted by atomic mass is 10.1. The summed E-state index contributed by atoms with van der Waals surface area (Å²) in [6.07, 6.45) is 1.81. The molecule has 0 amide bonds. The summed E-state index contributed by atoms with van der Waals surface area (Å²) in [5, 5.41) is 3.00. The third-order valence-corrected chi connectivity index (χ3v) is 2.84. The molecule has 0 spiro atoms. The molecule has 0 fully saturated rings. The second-order valence-corrected chi connectivity index (χ2v) is 3.75. The molecule has 2 nitrogen and oxygen atoms in total. The highest BCUT2D eigenvalue weighted by Crippen LogP contribution is 2.27. The summed E-state index contributed by atoms with van der Waals surface area (Å²) in [6, 6.07) is 5.91. The van der Waals surface area contributed by atoms with Crippen LogP contribution in [0.25, 0.3) is 10.6 Å². The van der Waals surface area contributed by atoms with Crippen molar-refractivity contribution in [3.05, 3.63) is 35.3 Å². The number of nitrogens with two attached hydrogens (primary N) is 1. The van der Waals surface area contributed by atoms with Gasteiger partial charge >= 0.3 is 0 Å². The van der Waals surface area contributed by atoms with Crippen molar-refractivity contribution in [2.45, 2.75) is 6.92 Å². The van der Waals surface area contributed by atoms with Crippen LogP contribution >= 0.6 is 11.3 Å². The number of hydrogen-bond acceptors (Lipinski definition) is 3. The van der Waals surface area contributed by atoms with Crippen LogP contribution in [0.5, 0.6) is 0 Å². The summed E-state index contributed by atoms with van der Waals surface area (Å²) in [6.45, 7) is 2.02. The van der Waals surface area contributed by atoms with E-state index in [4.69, 9.17) is 5.73 Å². The Hall–Kier alpha value is -1.35. The number of aromatic nitrogens is 1. The number of benzene rings is 1. The Bertz CT molecular complexity index is 407. The Labute approximate surface area is 81.1 Å². The van der Waals surface area contributed by atoms with Crippen LogP contribution in [-0.4, -0.2) is 4.98 Å². The van der Waals surface area contributed by atoms with Crippen molar-refractivity contribution >= 4 is 17.0 Å². The van der Waals surface area contributed by atoms with E-state index in [-0.39, 0.29) is 0 Å². The summed E-state index contributed by atoms with van der Waals surface area (Å²) < 4.78 is 0. The van der Waals surface area contributed by atoms with Gasteiger partial charge in [0.1, 0.15) is 5.01 Å². The third kappa shape index (κ3) is 1.42. The highest BCUT2D eigenvalue weighted by Gasteiger charge is 2.05. The van der Waals surface area contributed by atoms with Crippen molar-refractivity contribution < 1.29 is 0 Å². The highest BCUT2D eigenvalue weighted by molar-refractivity contribution is 7.13. The predicted molar refractivity (Wildman–Crippen MR) is 56.7 cm³/mol. The molecular formula is C10H10N2S. The smallest absolute Gasteiger partial charge is 0.123 e. The van der Waals surface area contributed by atoms with Crippen molar-refractivity contribution in [3.8, 4) is 10.6 Å². The van der Waals surface area contributed by atoms with Gasteiger partial charge in [0.25, 0.3) is 0 Å². The zero-order valence-corrected chi connectivity index (χ0v) is 8.14. The molecule has 66 valence electrons. The lowest BCUT2D eigenvalue weighted by Gasteiger charge is -2.04. The molecule has 2 N–H and O–H groups in total. The van der Waals surface area contributed by atoms with Crippen LogP contribution in [0, 0.1) is 6.92 Å². The highest BCUT2D eigenvalue weighted by atomic mass is 32.1. The number of rotatable bonds is 1. The summed E-state index contributed by atoms with van der Waals surface area (Å²) in [4.78, 5) is 4.25. The van der Waals surface area contributed by atoms with Gasteiger partial charge < -0.3 is 5.73 Å². The lowest BCUT2D eigenvalue weighted by Crippen LogP contribution is -1.91. The van der Waals surface area contributed by atoms with Gasteiger partial charge in [-0.05, 0) is 18.6 Å². The first-order chi connectivity index (χ1) is 6.29. The number of anilines is 1. The molecule has 2 aromatic rings. The van der Waals surface area contributed by atoms with E-state index in [9.17, 15) is 0 Å². The first-order valence-electron chi connectivity index (χ1n) is 4.04. The summed E-state index contributed by atoms with van der Waals surface area (Å²) >= 11 is 1.63. The van der Waals surface area contributed by atoms with Gasteiger partial charge in [-0.3, -0.25) is 0 Å². The van der Waals surface area contributed by atoms with Gasteiger partial charge in [-0.25, -0.2) is 4.98 Å². The molecule has 0 aliphatic carbocycles. The number of nitrogens with zero attached hydrogens (tertiary/aromatic N) is 1. The maximum Gasteiger partial charge on any atom is 0.123 e. The molecule has 0 saturated carbocycles. The maximum absolute atomic E-state index is 5.80. The fourth-order valence-corrected chi connectivity index (χ4v) is 1.96. The lowest BCUT2D eigenvalue weighted by molar-refractivity contribution is 1.38. The zero-order valence-electron chi connectivity index (χ0n) is 7.32. The molecule has 1 aromatic heterocycles. The van der Waals surface area contributed by atoms with Crippen molar-refractivity contribution in [2.75, 3.05) is 5.73 Å². The van der Waals surface area contributed by atoms with Crippen LogP contribution in [0.1, 0.15) is 5.56 Å². The minimum atomic E-state index is 0.827. The van der Waals surface area contributed by atoms with Crippen molar-refractivity contribution in [1.82, 2.24) is 4.98 Å². The first-order valence-corrected chi connectivity index (χ1v) is 4.92. The Morgan fingerprint density at radius 3 is 2.92 bits per heavy atom. The second-order valence-electron chi connectivity index (χ2n) is 2.86. The molecular weight excluding hydrogens is 180 g/mol. The van der Waals surface area contributed by atoms with Gasteiger partial charge in [0.05, 0.1) is 0 Å². The van der Waals surface area contributed by atoms with Crippen LogP contribution in [0.15, 0.2) is 29.8 Å². The number of nitrogen functional groups attached to an aromatic ring is 1. The van der Waals surface area contributed by atoms with Gasteiger partial charge in [-0.15, -0.1) is 11.3 Å². The topological polar surface area (TPSA) is 38.9 Å². The molecule has 0 aliphatic rings. The molecule has 0 unspecified atom stereocenters. The van der Waals surface area contributed by atoms with E-state index < -0.39 is 0 Å². The Balaban J connectivity index is 2.59. The molecule has 13 heavy (non-hydrogen) atoms. The van der Waals surface area contributed by atoms with Crippen molar-refractivity contribution in [3.63, 3.8) is 0 Å². The third-order valence-electron chi connectivity index (χ3n) is 2.04. The molecule has 0 aliphatic heterocycles. The predicted octanol–water partition coefficient (Wildman–Crippen LogP) is 2.70. The molecule has 1 aromatic carbocycles. The largest absolute Gasteiger partial charge is 0.398 e. The van der Waals surface area contributed by atoms with Crippen LogP contribution in [-0.2, 0) is 0 Å². The maximum atomic E-state index is 5.80. The Morgan fingerprint density at radius 2 is 2.23 bits per heavy atom. The first kappa shape index (κ1) is 8.26. The van der Waals surface area contributed by atoms with E-state index in [1.54, 1.807) is 11.3 Å². The summed E-state index contributed by atoms with van der Waals surface area (Å²) in [7, 11) is 0. The van der Waals surface area contributed by atoms with Gasteiger partial charge in [0.15, 0.2) is 0 Å². The number of thiazole rings is 1. The fourth-order valence-electron chi connectivity index (χ4n) is 1.24. The average Bonchev–Trinajstić information content (AvgIpc) is 2.62. The normalized spacial score (nSPS) is 10.2. The Morgan fingerprint density at radius 1 is 1.38 bits per heavy atom. The van der Waals surface area contributed by atoms with Gasteiger partial charge in [-0.1, -0.05) is 12.1 Å². The number of hydrogen-bond donors (Lipinski definition) is 1. The van der Waals surface area contributed by atoms with Gasteiger partial charge in [0.2, 0.25) is 0 Å². The molecule has 2 rings (SSSR count). The van der Waals surface area contributed by atoms with Crippen LogP contribution in [0.4, 0.5) is 5.69 Å². The van der Waals surface area contributed by atoms with Crippen molar-refractivity contribution in [1.29, 1.82) is 0 Å².